The summed E-state index contributed by atoms with van der Waals surface area (Å²) in [5, 5.41) is 0.723. The first-order valence-corrected chi connectivity index (χ1v) is 7.38. The van der Waals surface area contributed by atoms with Crippen molar-refractivity contribution in [3.8, 4) is 5.75 Å². The zero-order valence-electron chi connectivity index (χ0n) is 12.1. The second kappa shape index (κ2) is 6.50. The predicted molar refractivity (Wildman–Crippen MR) is 86.8 cm³/mol. The summed E-state index contributed by atoms with van der Waals surface area (Å²) in [6.07, 6.45) is -0.638. The Labute approximate surface area is 134 Å². The van der Waals surface area contributed by atoms with E-state index in [9.17, 15) is 4.79 Å². The first kappa shape index (κ1) is 15.9. The Morgan fingerprint density at radius 2 is 1.86 bits per heavy atom. The molecule has 4 heteroatoms. The molecule has 0 aromatic heterocycles. The lowest BCUT2D eigenvalue weighted by atomic mass is 9.99. The smallest absolute Gasteiger partial charge is 0.203 e. The number of ketones is 1. The van der Waals surface area contributed by atoms with Gasteiger partial charge in [-0.05, 0) is 44.5 Å². The maximum atomic E-state index is 12.5. The van der Waals surface area contributed by atoms with Crippen LogP contribution in [0.3, 0.4) is 0 Å². The summed E-state index contributed by atoms with van der Waals surface area (Å²) < 4.78 is 5.67. The van der Waals surface area contributed by atoms with E-state index in [0.717, 1.165) is 11.1 Å². The van der Waals surface area contributed by atoms with E-state index in [1.54, 1.807) is 25.1 Å². The van der Waals surface area contributed by atoms with Crippen molar-refractivity contribution < 1.29 is 9.53 Å². The number of ether oxygens (including phenoxy) is 1. The van der Waals surface area contributed by atoms with Crippen LogP contribution in [-0.4, -0.2) is 11.9 Å². The minimum Gasteiger partial charge on any atom is -0.481 e. The SMILES string of the molecule is Cc1ccc(C)c(C(=O)C(C)Oc2cccc(Cl)c2Cl)c1. The lowest BCUT2D eigenvalue weighted by molar-refractivity contribution is 0.0817. The number of carbonyl (C=O) groups is 1. The van der Waals surface area contributed by atoms with Gasteiger partial charge in [-0.15, -0.1) is 0 Å². The molecule has 0 bridgehead atoms. The molecule has 0 radical (unpaired) electrons. The maximum absolute atomic E-state index is 12.5. The lowest BCUT2D eigenvalue weighted by Gasteiger charge is -2.16. The molecule has 0 aliphatic rings. The van der Waals surface area contributed by atoms with Gasteiger partial charge in [-0.3, -0.25) is 4.79 Å². The van der Waals surface area contributed by atoms with Crippen molar-refractivity contribution >= 4 is 29.0 Å². The summed E-state index contributed by atoms with van der Waals surface area (Å²) in [4.78, 5) is 12.5. The van der Waals surface area contributed by atoms with Crippen LogP contribution in [0.5, 0.6) is 5.75 Å². The van der Waals surface area contributed by atoms with Crippen LogP contribution < -0.4 is 4.74 Å². The summed E-state index contributed by atoms with van der Waals surface area (Å²) in [5.41, 5.74) is 2.64. The number of benzene rings is 2. The van der Waals surface area contributed by atoms with E-state index in [0.29, 0.717) is 21.4 Å². The fraction of sp³-hybridized carbons (Fsp3) is 0.235. The topological polar surface area (TPSA) is 26.3 Å². The molecule has 0 aliphatic carbocycles. The van der Waals surface area contributed by atoms with E-state index >= 15 is 0 Å². The number of carbonyl (C=O) groups excluding carboxylic acids is 1. The number of hydrogen-bond donors (Lipinski definition) is 0. The number of halogens is 2. The number of aryl methyl sites for hydroxylation is 2. The van der Waals surface area contributed by atoms with Crippen LogP contribution in [0, 0.1) is 13.8 Å². The van der Waals surface area contributed by atoms with Gasteiger partial charge < -0.3 is 4.74 Å². The van der Waals surface area contributed by atoms with Crippen molar-refractivity contribution in [2.45, 2.75) is 26.9 Å². The standard InChI is InChI=1S/C17H16Cl2O2/c1-10-7-8-11(2)13(9-10)17(20)12(3)21-15-6-4-5-14(18)16(15)19/h4-9,12H,1-3H3. The van der Waals surface area contributed by atoms with E-state index in [4.69, 9.17) is 27.9 Å². The molecule has 2 aromatic rings. The largest absolute Gasteiger partial charge is 0.481 e. The number of Topliss-reactive ketones (excluding diaryl/α,β-unsaturated/α-hetero) is 1. The summed E-state index contributed by atoms with van der Waals surface area (Å²) in [6.45, 7) is 5.57. The summed E-state index contributed by atoms with van der Waals surface area (Å²) in [6, 6.07) is 10.9. The lowest BCUT2D eigenvalue weighted by Crippen LogP contribution is -2.24. The predicted octanol–water partition coefficient (Wildman–Crippen LogP) is 5.26. The Hall–Kier alpha value is -1.51. The van der Waals surface area contributed by atoms with Gasteiger partial charge in [0.25, 0.3) is 0 Å². The molecule has 0 spiro atoms. The van der Waals surface area contributed by atoms with Crippen LogP contribution in [0.25, 0.3) is 0 Å². The van der Waals surface area contributed by atoms with Gasteiger partial charge in [-0.2, -0.15) is 0 Å². The Morgan fingerprint density at radius 1 is 1.14 bits per heavy atom. The van der Waals surface area contributed by atoms with Crippen molar-refractivity contribution in [3.63, 3.8) is 0 Å². The molecule has 2 rings (SSSR count). The summed E-state index contributed by atoms with van der Waals surface area (Å²) in [7, 11) is 0. The van der Waals surface area contributed by atoms with Gasteiger partial charge >= 0.3 is 0 Å². The van der Waals surface area contributed by atoms with E-state index in [1.807, 2.05) is 32.0 Å². The molecule has 0 aliphatic heterocycles. The Kier molecular flexibility index (Phi) is 4.92. The number of rotatable bonds is 4. The minimum atomic E-state index is -0.638. The van der Waals surface area contributed by atoms with Crippen molar-refractivity contribution in [2.75, 3.05) is 0 Å². The van der Waals surface area contributed by atoms with Crippen LogP contribution in [0.1, 0.15) is 28.4 Å². The van der Waals surface area contributed by atoms with Gasteiger partial charge in [0, 0.05) is 5.56 Å². The first-order valence-electron chi connectivity index (χ1n) is 6.62. The highest BCUT2D eigenvalue weighted by Crippen LogP contribution is 2.32. The van der Waals surface area contributed by atoms with Gasteiger partial charge in [0.15, 0.2) is 6.10 Å². The monoisotopic (exact) mass is 322 g/mol. The van der Waals surface area contributed by atoms with E-state index in [2.05, 4.69) is 0 Å². The molecule has 2 aromatic carbocycles. The van der Waals surface area contributed by atoms with Crippen molar-refractivity contribution in [1.29, 1.82) is 0 Å². The highest BCUT2D eigenvalue weighted by molar-refractivity contribution is 6.42. The van der Waals surface area contributed by atoms with Gasteiger partial charge in [0.05, 0.1) is 5.02 Å². The maximum Gasteiger partial charge on any atom is 0.203 e. The number of hydrogen-bond acceptors (Lipinski definition) is 2. The molecule has 0 heterocycles. The zero-order chi connectivity index (χ0) is 15.6. The normalized spacial score (nSPS) is 12.0. The Bertz CT molecular complexity index is 680. The average molecular weight is 323 g/mol. The zero-order valence-corrected chi connectivity index (χ0v) is 13.6. The van der Waals surface area contributed by atoms with Crippen LogP contribution in [-0.2, 0) is 0 Å². The van der Waals surface area contributed by atoms with E-state index < -0.39 is 6.10 Å². The van der Waals surface area contributed by atoms with Crippen LogP contribution >= 0.6 is 23.2 Å². The van der Waals surface area contributed by atoms with Gasteiger partial charge in [-0.25, -0.2) is 0 Å². The minimum absolute atomic E-state index is 0.0766. The summed E-state index contributed by atoms with van der Waals surface area (Å²) in [5.74, 6) is 0.336. The summed E-state index contributed by atoms with van der Waals surface area (Å²) >= 11 is 12.0. The van der Waals surface area contributed by atoms with Crippen LogP contribution in [0.2, 0.25) is 10.0 Å². The van der Waals surface area contributed by atoms with E-state index in [-0.39, 0.29) is 5.78 Å². The molecule has 21 heavy (non-hydrogen) atoms. The van der Waals surface area contributed by atoms with Crippen molar-refractivity contribution in [1.82, 2.24) is 0 Å². The average Bonchev–Trinajstić information content (AvgIpc) is 2.45. The highest BCUT2D eigenvalue weighted by atomic mass is 35.5. The quantitative estimate of drug-likeness (QED) is 0.717. The van der Waals surface area contributed by atoms with Gasteiger partial charge in [-0.1, -0.05) is 47.0 Å². The van der Waals surface area contributed by atoms with Crippen LogP contribution in [0.15, 0.2) is 36.4 Å². The molecule has 110 valence electrons. The molecular weight excluding hydrogens is 307 g/mol. The second-order valence-electron chi connectivity index (χ2n) is 4.99. The fourth-order valence-electron chi connectivity index (χ4n) is 2.04. The molecule has 1 unspecified atom stereocenters. The molecule has 1 atom stereocenters. The van der Waals surface area contributed by atoms with Crippen LogP contribution in [0.4, 0.5) is 0 Å². The third kappa shape index (κ3) is 3.58. The van der Waals surface area contributed by atoms with Crippen molar-refractivity contribution in [3.05, 3.63) is 63.1 Å². The highest BCUT2D eigenvalue weighted by Gasteiger charge is 2.20. The molecule has 0 saturated carbocycles. The van der Waals surface area contributed by atoms with E-state index in [1.165, 1.54) is 0 Å². The molecule has 0 saturated heterocycles. The van der Waals surface area contributed by atoms with Crippen molar-refractivity contribution in [2.24, 2.45) is 0 Å². The molecule has 0 N–H and O–H groups in total. The molecule has 0 amide bonds. The second-order valence-corrected chi connectivity index (χ2v) is 5.78. The Balaban J connectivity index is 2.24. The molecule has 2 nitrogen and oxygen atoms in total. The third-order valence-corrected chi connectivity index (χ3v) is 4.05. The van der Waals surface area contributed by atoms with Gasteiger partial charge in [0.2, 0.25) is 5.78 Å². The first-order chi connectivity index (χ1) is 9.90. The Morgan fingerprint density at radius 3 is 2.57 bits per heavy atom. The third-order valence-electron chi connectivity index (χ3n) is 3.25. The fourth-order valence-corrected chi connectivity index (χ4v) is 2.38. The molecular formula is C17H16Cl2O2. The molecule has 0 fully saturated rings. The van der Waals surface area contributed by atoms with Gasteiger partial charge in [0.1, 0.15) is 10.8 Å².